The first-order chi connectivity index (χ1) is 8.54. The zero-order valence-corrected chi connectivity index (χ0v) is 12.3. The van der Waals surface area contributed by atoms with Gasteiger partial charge in [0.15, 0.2) is 5.17 Å². The molecule has 1 rings (SSSR count). The summed E-state index contributed by atoms with van der Waals surface area (Å²) in [5, 5.41) is 6.83. The maximum absolute atomic E-state index is 11.7. The SMILES string of the molecule is COCCNC(=O)C(C)NC1=NC(C)C(C)CS1. The lowest BCUT2D eigenvalue weighted by molar-refractivity contribution is -0.122. The minimum Gasteiger partial charge on any atom is -0.383 e. The molecule has 0 aromatic carbocycles. The largest absolute Gasteiger partial charge is 0.383 e. The van der Waals surface area contributed by atoms with Crippen LogP contribution in [0.25, 0.3) is 0 Å². The van der Waals surface area contributed by atoms with E-state index in [2.05, 4.69) is 29.5 Å². The van der Waals surface area contributed by atoms with Crippen molar-refractivity contribution in [2.45, 2.75) is 32.9 Å². The van der Waals surface area contributed by atoms with Crippen molar-refractivity contribution in [2.75, 3.05) is 26.0 Å². The summed E-state index contributed by atoms with van der Waals surface area (Å²) in [5.74, 6) is 1.61. The van der Waals surface area contributed by atoms with E-state index in [0.29, 0.717) is 25.1 Å². The summed E-state index contributed by atoms with van der Waals surface area (Å²) in [6.07, 6.45) is 0. The first kappa shape index (κ1) is 15.3. The second kappa shape index (κ2) is 7.63. The van der Waals surface area contributed by atoms with E-state index >= 15 is 0 Å². The number of hydrogen-bond donors (Lipinski definition) is 2. The van der Waals surface area contributed by atoms with Crippen LogP contribution in [0.4, 0.5) is 0 Å². The molecule has 104 valence electrons. The van der Waals surface area contributed by atoms with E-state index in [0.717, 1.165) is 10.9 Å². The van der Waals surface area contributed by atoms with Crippen LogP contribution in [0.3, 0.4) is 0 Å². The molecule has 0 bridgehead atoms. The molecule has 0 fully saturated rings. The molecular formula is C12H23N3O2S. The number of rotatable bonds is 5. The molecule has 18 heavy (non-hydrogen) atoms. The highest BCUT2D eigenvalue weighted by Gasteiger charge is 2.21. The fraction of sp³-hybridized carbons (Fsp3) is 0.833. The van der Waals surface area contributed by atoms with Crippen LogP contribution in [0.5, 0.6) is 0 Å². The Bertz CT molecular complexity index is 310. The van der Waals surface area contributed by atoms with Gasteiger partial charge in [-0.15, -0.1) is 0 Å². The lowest BCUT2D eigenvalue weighted by atomic mass is 10.1. The Balaban J connectivity index is 2.37. The monoisotopic (exact) mass is 273 g/mol. The molecule has 6 heteroatoms. The van der Waals surface area contributed by atoms with Crippen LogP contribution < -0.4 is 10.6 Å². The zero-order chi connectivity index (χ0) is 13.5. The van der Waals surface area contributed by atoms with Gasteiger partial charge >= 0.3 is 0 Å². The highest BCUT2D eigenvalue weighted by molar-refractivity contribution is 8.13. The predicted molar refractivity (Wildman–Crippen MR) is 76.0 cm³/mol. The van der Waals surface area contributed by atoms with Gasteiger partial charge in [-0.1, -0.05) is 18.7 Å². The maximum Gasteiger partial charge on any atom is 0.242 e. The van der Waals surface area contributed by atoms with Gasteiger partial charge in [-0.2, -0.15) is 0 Å². The van der Waals surface area contributed by atoms with E-state index in [1.807, 2.05) is 6.92 Å². The summed E-state index contributed by atoms with van der Waals surface area (Å²) in [4.78, 5) is 16.3. The van der Waals surface area contributed by atoms with Gasteiger partial charge in [0, 0.05) is 19.4 Å². The molecule has 0 spiro atoms. The van der Waals surface area contributed by atoms with Crippen LogP contribution in [0.15, 0.2) is 4.99 Å². The number of aliphatic imine (C=N–C) groups is 1. The van der Waals surface area contributed by atoms with E-state index in [4.69, 9.17) is 4.74 Å². The Morgan fingerprint density at radius 2 is 2.33 bits per heavy atom. The first-order valence-corrected chi connectivity index (χ1v) is 7.27. The van der Waals surface area contributed by atoms with Crippen LogP contribution in [0.1, 0.15) is 20.8 Å². The molecule has 1 aliphatic heterocycles. The van der Waals surface area contributed by atoms with Crippen molar-refractivity contribution in [1.82, 2.24) is 10.6 Å². The first-order valence-electron chi connectivity index (χ1n) is 6.28. The topological polar surface area (TPSA) is 62.7 Å². The van der Waals surface area contributed by atoms with E-state index in [-0.39, 0.29) is 11.9 Å². The Morgan fingerprint density at radius 1 is 1.61 bits per heavy atom. The molecule has 3 atom stereocenters. The third kappa shape index (κ3) is 4.86. The van der Waals surface area contributed by atoms with Crippen molar-refractivity contribution < 1.29 is 9.53 Å². The molecule has 1 amide bonds. The minimum atomic E-state index is -0.270. The van der Waals surface area contributed by atoms with E-state index in [1.54, 1.807) is 18.9 Å². The van der Waals surface area contributed by atoms with Crippen molar-refractivity contribution in [3.05, 3.63) is 0 Å². The van der Waals surface area contributed by atoms with Gasteiger partial charge in [0.1, 0.15) is 6.04 Å². The van der Waals surface area contributed by atoms with E-state index in [9.17, 15) is 4.79 Å². The number of amidine groups is 1. The van der Waals surface area contributed by atoms with E-state index < -0.39 is 0 Å². The number of thioether (sulfide) groups is 1. The second-order valence-electron chi connectivity index (χ2n) is 4.61. The van der Waals surface area contributed by atoms with E-state index in [1.165, 1.54) is 0 Å². The van der Waals surface area contributed by atoms with Crippen molar-refractivity contribution >= 4 is 22.8 Å². The Labute approximate surface area is 113 Å². The van der Waals surface area contributed by atoms with Gasteiger partial charge in [-0.3, -0.25) is 9.79 Å². The zero-order valence-electron chi connectivity index (χ0n) is 11.5. The summed E-state index contributed by atoms with van der Waals surface area (Å²) in [6, 6.07) is 0.0474. The van der Waals surface area contributed by atoms with Gasteiger partial charge in [-0.05, 0) is 19.8 Å². The fourth-order valence-corrected chi connectivity index (χ4v) is 2.66. The van der Waals surface area contributed by atoms with Gasteiger partial charge in [0.2, 0.25) is 5.91 Å². The number of methoxy groups -OCH3 is 1. The average molecular weight is 273 g/mol. The second-order valence-corrected chi connectivity index (χ2v) is 5.62. The number of hydrogen-bond acceptors (Lipinski definition) is 5. The molecule has 0 aromatic heterocycles. The molecule has 3 unspecified atom stereocenters. The molecule has 0 saturated heterocycles. The maximum atomic E-state index is 11.7. The number of carbonyl (C=O) groups is 1. The van der Waals surface area contributed by atoms with Crippen LogP contribution in [-0.4, -0.2) is 49.2 Å². The standard InChI is InChI=1S/C12H23N3O2S/c1-8-7-18-12(14-9(8)2)15-10(3)11(16)13-5-6-17-4/h8-10H,5-7H2,1-4H3,(H,13,16)(H,14,15). The molecule has 0 aromatic rings. The van der Waals surface area contributed by atoms with Gasteiger partial charge in [0.05, 0.1) is 12.6 Å². The Hall–Kier alpha value is -0.750. The normalized spacial score (nSPS) is 25.2. The smallest absolute Gasteiger partial charge is 0.242 e. The molecule has 0 aliphatic carbocycles. The highest BCUT2D eigenvalue weighted by Crippen LogP contribution is 2.21. The lowest BCUT2D eigenvalue weighted by Crippen LogP contribution is -2.46. The van der Waals surface area contributed by atoms with Gasteiger partial charge in [0.25, 0.3) is 0 Å². The minimum absolute atomic E-state index is 0.0263. The molecular weight excluding hydrogens is 250 g/mol. The number of carbonyl (C=O) groups excluding carboxylic acids is 1. The van der Waals surface area contributed by atoms with Crippen molar-refractivity contribution in [3.63, 3.8) is 0 Å². The third-order valence-corrected chi connectivity index (χ3v) is 4.16. The summed E-state index contributed by atoms with van der Waals surface area (Å²) in [5.41, 5.74) is 0. The average Bonchev–Trinajstić information content (AvgIpc) is 2.34. The van der Waals surface area contributed by atoms with Crippen LogP contribution >= 0.6 is 11.8 Å². The van der Waals surface area contributed by atoms with Crippen LogP contribution in [0, 0.1) is 5.92 Å². The quantitative estimate of drug-likeness (QED) is 0.729. The Morgan fingerprint density at radius 3 is 2.94 bits per heavy atom. The summed E-state index contributed by atoms with van der Waals surface area (Å²) >= 11 is 1.68. The number of nitrogens with one attached hydrogen (secondary N) is 2. The third-order valence-electron chi connectivity index (χ3n) is 2.97. The summed E-state index contributed by atoms with van der Waals surface area (Å²) in [7, 11) is 1.61. The van der Waals surface area contributed by atoms with Gasteiger partial charge in [-0.25, -0.2) is 0 Å². The molecule has 5 nitrogen and oxygen atoms in total. The van der Waals surface area contributed by atoms with Crippen molar-refractivity contribution in [3.8, 4) is 0 Å². The number of nitrogens with zero attached hydrogens (tertiary/aromatic N) is 1. The fourth-order valence-electron chi connectivity index (χ4n) is 1.46. The van der Waals surface area contributed by atoms with Gasteiger partial charge < -0.3 is 15.4 Å². The van der Waals surface area contributed by atoms with Crippen molar-refractivity contribution in [1.29, 1.82) is 0 Å². The molecule has 1 aliphatic rings. The number of ether oxygens (including phenoxy) is 1. The van der Waals surface area contributed by atoms with Crippen molar-refractivity contribution in [2.24, 2.45) is 10.9 Å². The number of amides is 1. The summed E-state index contributed by atoms with van der Waals surface area (Å²) < 4.78 is 4.88. The Kier molecular flexibility index (Phi) is 6.49. The highest BCUT2D eigenvalue weighted by atomic mass is 32.2. The molecule has 0 saturated carbocycles. The lowest BCUT2D eigenvalue weighted by Gasteiger charge is -2.25. The molecule has 1 heterocycles. The molecule has 2 N–H and O–H groups in total. The van der Waals surface area contributed by atoms with Crippen LogP contribution in [-0.2, 0) is 9.53 Å². The van der Waals surface area contributed by atoms with Crippen LogP contribution in [0.2, 0.25) is 0 Å². The summed E-state index contributed by atoms with van der Waals surface area (Å²) in [6.45, 7) is 7.21. The molecule has 0 radical (unpaired) electrons. The predicted octanol–water partition coefficient (Wildman–Crippen LogP) is 0.854.